The van der Waals surface area contributed by atoms with Gasteiger partial charge < -0.3 is 8.98 Å². The first kappa shape index (κ1) is 30.3. The molecule has 11 aromatic rings. The molecule has 0 fully saturated rings. The Balaban J connectivity index is 1.11. The molecule has 0 radical (unpaired) electrons. The number of aromatic nitrogens is 4. The Morgan fingerprint density at radius 3 is 1.81 bits per heavy atom. The maximum atomic E-state index is 6.31. The second kappa shape index (κ2) is 12.1. The van der Waals surface area contributed by atoms with Crippen LogP contribution in [0.5, 0.6) is 0 Å². The average Bonchev–Trinajstić information content (AvgIpc) is 3.80. The third kappa shape index (κ3) is 4.83. The molecular formula is C49H30N4O. The fourth-order valence-corrected chi connectivity index (χ4v) is 7.98. The van der Waals surface area contributed by atoms with Crippen LogP contribution in [0.2, 0.25) is 0 Å². The molecule has 0 N–H and O–H groups in total. The number of nitrogens with zero attached hydrogens (tertiary/aromatic N) is 4. The van der Waals surface area contributed by atoms with E-state index >= 15 is 0 Å². The molecule has 8 aromatic carbocycles. The lowest BCUT2D eigenvalue weighted by molar-refractivity contribution is 0.669. The van der Waals surface area contributed by atoms with E-state index in [9.17, 15) is 0 Å². The number of benzene rings is 8. The maximum Gasteiger partial charge on any atom is 0.164 e. The van der Waals surface area contributed by atoms with Gasteiger partial charge >= 0.3 is 0 Å². The summed E-state index contributed by atoms with van der Waals surface area (Å²) in [6.07, 6.45) is 0. The van der Waals surface area contributed by atoms with Crippen molar-refractivity contribution < 1.29 is 4.42 Å². The predicted octanol–water partition coefficient (Wildman–Crippen LogP) is 12.7. The minimum Gasteiger partial charge on any atom is -0.456 e. The van der Waals surface area contributed by atoms with Gasteiger partial charge in [0.25, 0.3) is 0 Å². The third-order valence-corrected chi connectivity index (χ3v) is 10.4. The number of hydrogen-bond acceptors (Lipinski definition) is 4. The smallest absolute Gasteiger partial charge is 0.164 e. The van der Waals surface area contributed by atoms with Crippen LogP contribution >= 0.6 is 0 Å². The van der Waals surface area contributed by atoms with Crippen LogP contribution < -0.4 is 0 Å². The van der Waals surface area contributed by atoms with E-state index in [1.54, 1.807) is 0 Å². The molecule has 5 heteroatoms. The molecule has 54 heavy (non-hydrogen) atoms. The van der Waals surface area contributed by atoms with E-state index in [1.165, 1.54) is 21.7 Å². The van der Waals surface area contributed by atoms with Crippen LogP contribution in [0.1, 0.15) is 0 Å². The fraction of sp³-hybridized carbons (Fsp3) is 0. The number of hydrogen-bond donors (Lipinski definition) is 0. The summed E-state index contributed by atoms with van der Waals surface area (Å²) >= 11 is 0. The van der Waals surface area contributed by atoms with Gasteiger partial charge in [-0.05, 0) is 64.4 Å². The monoisotopic (exact) mass is 690 g/mol. The number of furan rings is 1. The topological polar surface area (TPSA) is 56.7 Å². The SMILES string of the molecule is c1ccc(-c2nc(-c3cccc(-n4c5ccccc5c5c(-c6cccc7oc8ccccc8c67)cccc54)c3)nc(-c3ccc4ccccc4c3)n2)cc1. The van der Waals surface area contributed by atoms with E-state index in [1.807, 2.05) is 42.5 Å². The molecule has 11 rings (SSSR count). The molecule has 0 saturated heterocycles. The highest BCUT2D eigenvalue weighted by atomic mass is 16.3. The first-order chi connectivity index (χ1) is 26.8. The lowest BCUT2D eigenvalue weighted by atomic mass is 9.95. The highest BCUT2D eigenvalue weighted by molar-refractivity contribution is 6.21. The van der Waals surface area contributed by atoms with E-state index in [0.29, 0.717) is 17.5 Å². The molecule has 3 aromatic heterocycles. The van der Waals surface area contributed by atoms with Gasteiger partial charge in [0.15, 0.2) is 17.5 Å². The van der Waals surface area contributed by atoms with Gasteiger partial charge in [0.1, 0.15) is 11.2 Å². The van der Waals surface area contributed by atoms with Crippen LogP contribution in [0, 0.1) is 0 Å². The Morgan fingerprint density at radius 1 is 0.370 bits per heavy atom. The second-order valence-corrected chi connectivity index (χ2v) is 13.6. The molecule has 3 heterocycles. The molecule has 0 aliphatic carbocycles. The molecule has 0 saturated carbocycles. The number of fused-ring (bicyclic) bond motifs is 7. The Hall–Kier alpha value is -7.37. The summed E-state index contributed by atoms with van der Waals surface area (Å²) in [4.78, 5) is 15.2. The van der Waals surface area contributed by atoms with Gasteiger partial charge in [-0.1, -0.05) is 140 Å². The lowest BCUT2D eigenvalue weighted by Gasteiger charge is -2.12. The molecule has 0 bridgehead atoms. The van der Waals surface area contributed by atoms with Crippen molar-refractivity contribution in [3.63, 3.8) is 0 Å². The molecule has 0 atom stereocenters. The van der Waals surface area contributed by atoms with Gasteiger partial charge in [0.2, 0.25) is 0 Å². The van der Waals surface area contributed by atoms with Crippen molar-refractivity contribution in [1.82, 2.24) is 19.5 Å². The normalized spacial score (nSPS) is 11.7. The van der Waals surface area contributed by atoms with Gasteiger partial charge in [-0.3, -0.25) is 0 Å². The summed E-state index contributed by atoms with van der Waals surface area (Å²) in [6.45, 7) is 0. The van der Waals surface area contributed by atoms with Crippen molar-refractivity contribution in [1.29, 1.82) is 0 Å². The zero-order valence-electron chi connectivity index (χ0n) is 29.0. The van der Waals surface area contributed by atoms with E-state index < -0.39 is 0 Å². The number of rotatable bonds is 5. The predicted molar refractivity (Wildman–Crippen MR) is 221 cm³/mol. The quantitative estimate of drug-likeness (QED) is 0.180. The van der Waals surface area contributed by atoms with Gasteiger partial charge in [-0.15, -0.1) is 0 Å². The molecule has 0 spiro atoms. The van der Waals surface area contributed by atoms with Crippen molar-refractivity contribution >= 4 is 54.5 Å². The third-order valence-electron chi connectivity index (χ3n) is 10.4. The molecule has 0 aliphatic rings. The summed E-state index contributed by atoms with van der Waals surface area (Å²) < 4.78 is 8.67. The first-order valence-electron chi connectivity index (χ1n) is 18.1. The van der Waals surface area contributed by atoms with Crippen LogP contribution in [-0.2, 0) is 0 Å². The van der Waals surface area contributed by atoms with Crippen molar-refractivity contribution in [3.05, 3.63) is 182 Å². The Labute approximate surface area is 310 Å². The molecule has 252 valence electrons. The first-order valence-corrected chi connectivity index (χ1v) is 18.1. The van der Waals surface area contributed by atoms with E-state index in [-0.39, 0.29) is 0 Å². The van der Waals surface area contributed by atoms with E-state index in [0.717, 1.165) is 66.3 Å². The fourth-order valence-electron chi connectivity index (χ4n) is 7.98. The summed E-state index contributed by atoms with van der Waals surface area (Å²) in [5.41, 5.74) is 10.2. The zero-order valence-corrected chi connectivity index (χ0v) is 29.0. The highest BCUT2D eigenvalue weighted by Crippen LogP contribution is 2.43. The standard InChI is InChI=1S/C49H30N4O/c1-2-14-32(15-3-1)47-50-48(52-49(51-47)35-28-27-31-13-4-5-16-33(31)29-35)34-17-10-18-36(30-34)53-41-23-8-6-19-39(41)45-37(21-11-24-42(45)53)38-22-12-26-44-46(38)40-20-7-9-25-43(40)54-44/h1-30H. The van der Waals surface area contributed by atoms with Crippen LogP contribution in [0.3, 0.4) is 0 Å². The van der Waals surface area contributed by atoms with Crippen LogP contribution in [-0.4, -0.2) is 19.5 Å². The van der Waals surface area contributed by atoms with Gasteiger partial charge in [0.05, 0.1) is 11.0 Å². The Kier molecular flexibility index (Phi) is 6.79. The summed E-state index contributed by atoms with van der Waals surface area (Å²) in [7, 11) is 0. The Bertz CT molecular complexity index is 3230. The molecular weight excluding hydrogens is 661 g/mol. The molecule has 0 amide bonds. The van der Waals surface area contributed by atoms with Crippen molar-refractivity contribution in [2.24, 2.45) is 0 Å². The largest absolute Gasteiger partial charge is 0.456 e. The van der Waals surface area contributed by atoms with Crippen molar-refractivity contribution in [2.45, 2.75) is 0 Å². The van der Waals surface area contributed by atoms with E-state index in [4.69, 9.17) is 19.4 Å². The van der Waals surface area contributed by atoms with Crippen LogP contribution in [0.4, 0.5) is 0 Å². The second-order valence-electron chi connectivity index (χ2n) is 13.6. The summed E-state index contributed by atoms with van der Waals surface area (Å²) in [5.74, 6) is 1.89. The summed E-state index contributed by atoms with van der Waals surface area (Å²) in [5, 5.41) is 6.95. The van der Waals surface area contributed by atoms with Gasteiger partial charge in [-0.25, -0.2) is 15.0 Å². The minimum atomic E-state index is 0.619. The molecule has 0 unspecified atom stereocenters. The van der Waals surface area contributed by atoms with Gasteiger partial charge in [-0.2, -0.15) is 0 Å². The minimum absolute atomic E-state index is 0.619. The molecule has 5 nitrogen and oxygen atoms in total. The van der Waals surface area contributed by atoms with E-state index in [2.05, 4.69) is 144 Å². The lowest BCUT2D eigenvalue weighted by Crippen LogP contribution is -2.01. The summed E-state index contributed by atoms with van der Waals surface area (Å²) in [6, 6.07) is 63.3. The van der Waals surface area contributed by atoms with Crippen LogP contribution in [0.15, 0.2) is 186 Å². The van der Waals surface area contributed by atoms with Gasteiger partial charge in [0, 0.05) is 43.9 Å². The van der Waals surface area contributed by atoms with Crippen molar-refractivity contribution in [3.8, 4) is 51.0 Å². The zero-order chi connectivity index (χ0) is 35.6. The van der Waals surface area contributed by atoms with Crippen molar-refractivity contribution in [2.75, 3.05) is 0 Å². The Morgan fingerprint density at radius 2 is 0.963 bits per heavy atom. The highest BCUT2D eigenvalue weighted by Gasteiger charge is 2.20. The molecule has 0 aliphatic heterocycles. The maximum absolute atomic E-state index is 6.31. The van der Waals surface area contributed by atoms with Crippen LogP contribution in [0.25, 0.3) is 105 Å². The average molecular weight is 691 g/mol. The number of para-hydroxylation sites is 2.